The van der Waals surface area contributed by atoms with Crippen molar-refractivity contribution in [2.24, 2.45) is 5.92 Å². The Kier molecular flexibility index (Phi) is 3.03. The lowest BCUT2D eigenvalue weighted by Crippen LogP contribution is -2.13. The third-order valence-corrected chi connectivity index (χ3v) is 6.43. The molecular weight excluding hydrogens is 280 g/mol. The van der Waals surface area contributed by atoms with Crippen LogP contribution < -0.4 is 0 Å². The number of hydrogen-bond donors (Lipinski definition) is 0. The second-order valence-corrected chi connectivity index (χ2v) is 7.69. The lowest BCUT2D eigenvalue weighted by molar-refractivity contribution is 0.0972. The molecule has 98 valence electrons. The Labute approximate surface area is 115 Å². The number of ketones is 1. The Morgan fingerprint density at radius 1 is 1.11 bits per heavy atom. The van der Waals surface area contributed by atoms with Crippen LogP contribution in [0, 0.1) is 5.92 Å². The van der Waals surface area contributed by atoms with Crippen molar-refractivity contribution in [3.05, 3.63) is 52.7 Å². The van der Waals surface area contributed by atoms with Crippen molar-refractivity contribution in [3.63, 3.8) is 0 Å². The van der Waals surface area contributed by atoms with Gasteiger partial charge in [0, 0.05) is 5.92 Å². The van der Waals surface area contributed by atoms with Gasteiger partial charge in [0.1, 0.15) is 0 Å². The first-order chi connectivity index (χ1) is 9.10. The van der Waals surface area contributed by atoms with Gasteiger partial charge in [0.25, 0.3) is 0 Å². The molecule has 1 heterocycles. The smallest absolute Gasteiger partial charge is 0.181 e. The monoisotopic (exact) mass is 292 g/mol. The van der Waals surface area contributed by atoms with Crippen LogP contribution in [0.4, 0.5) is 0 Å². The van der Waals surface area contributed by atoms with Crippen LogP contribution in [0.5, 0.6) is 0 Å². The van der Waals surface area contributed by atoms with E-state index in [0.717, 1.165) is 0 Å². The highest BCUT2D eigenvalue weighted by Crippen LogP contribution is 2.43. The quantitative estimate of drug-likeness (QED) is 0.814. The molecule has 0 aliphatic heterocycles. The fourth-order valence-electron chi connectivity index (χ4n) is 2.18. The van der Waals surface area contributed by atoms with Gasteiger partial charge in [-0.05, 0) is 30.0 Å². The summed E-state index contributed by atoms with van der Waals surface area (Å²) in [5.41, 5.74) is 0. The zero-order valence-corrected chi connectivity index (χ0v) is 11.7. The summed E-state index contributed by atoms with van der Waals surface area (Å²) < 4.78 is 24.7. The number of Topliss-reactive ketones (excluding diaryl/α,β-unsaturated/α-hetero) is 1. The Hall–Kier alpha value is -1.46. The molecule has 1 saturated carbocycles. The highest BCUT2D eigenvalue weighted by molar-refractivity contribution is 7.92. The van der Waals surface area contributed by atoms with E-state index in [1.165, 1.54) is 11.3 Å². The van der Waals surface area contributed by atoms with Crippen molar-refractivity contribution in [3.8, 4) is 0 Å². The fraction of sp³-hybridized carbons (Fsp3) is 0.214. The summed E-state index contributed by atoms with van der Waals surface area (Å²) in [5.74, 6) is -0.414. The Bertz CT molecular complexity index is 688. The predicted octanol–water partition coefficient (Wildman–Crippen LogP) is 2.79. The van der Waals surface area contributed by atoms with E-state index in [1.807, 2.05) is 5.38 Å². The number of sulfone groups is 1. The van der Waals surface area contributed by atoms with Gasteiger partial charge >= 0.3 is 0 Å². The first-order valence-electron chi connectivity index (χ1n) is 5.97. The zero-order valence-electron chi connectivity index (χ0n) is 10.0. The van der Waals surface area contributed by atoms with Gasteiger partial charge in [0.15, 0.2) is 15.6 Å². The molecule has 19 heavy (non-hydrogen) atoms. The molecule has 2 atom stereocenters. The summed E-state index contributed by atoms with van der Waals surface area (Å²) >= 11 is 1.36. The number of rotatable bonds is 4. The third kappa shape index (κ3) is 2.24. The van der Waals surface area contributed by atoms with E-state index in [-0.39, 0.29) is 11.7 Å². The van der Waals surface area contributed by atoms with Crippen LogP contribution in [0.1, 0.15) is 16.1 Å². The van der Waals surface area contributed by atoms with Crippen LogP contribution in [-0.2, 0) is 9.84 Å². The standard InChI is InChI=1S/C14H12O3S2/c15-14(12-7-4-8-18-12)11-9-13(11)19(16,17)10-5-2-1-3-6-10/h1-8,11,13H,9H2/t11-,13-/m0/s1. The number of thiophene rings is 1. The third-order valence-electron chi connectivity index (χ3n) is 3.30. The van der Waals surface area contributed by atoms with E-state index in [2.05, 4.69) is 0 Å². The highest BCUT2D eigenvalue weighted by Gasteiger charge is 2.52. The second kappa shape index (κ2) is 4.58. The van der Waals surface area contributed by atoms with Crippen molar-refractivity contribution in [2.45, 2.75) is 16.6 Å². The molecule has 3 rings (SSSR count). The van der Waals surface area contributed by atoms with E-state index in [1.54, 1.807) is 42.5 Å². The molecule has 1 aliphatic carbocycles. The van der Waals surface area contributed by atoms with E-state index in [4.69, 9.17) is 0 Å². The lowest BCUT2D eigenvalue weighted by Gasteiger charge is -2.02. The molecule has 5 heteroatoms. The summed E-state index contributed by atoms with van der Waals surface area (Å²) in [6.07, 6.45) is 0.438. The molecule has 0 N–H and O–H groups in total. The van der Waals surface area contributed by atoms with Gasteiger partial charge in [-0.1, -0.05) is 24.3 Å². The summed E-state index contributed by atoms with van der Waals surface area (Å²) in [5, 5.41) is 1.28. The zero-order chi connectivity index (χ0) is 13.5. The van der Waals surface area contributed by atoms with E-state index in [9.17, 15) is 13.2 Å². The molecule has 0 saturated heterocycles. The number of hydrogen-bond acceptors (Lipinski definition) is 4. The minimum Gasteiger partial charge on any atom is -0.293 e. The topological polar surface area (TPSA) is 51.2 Å². The van der Waals surface area contributed by atoms with Crippen LogP contribution in [0.25, 0.3) is 0 Å². The van der Waals surface area contributed by atoms with Gasteiger partial charge in [-0.25, -0.2) is 8.42 Å². The van der Waals surface area contributed by atoms with Crippen LogP contribution in [0.2, 0.25) is 0 Å². The Balaban J connectivity index is 1.82. The van der Waals surface area contributed by atoms with Crippen molar-refractivity contribution in [1.82, 2.24) is 0 Å². The molecule has 0 amide bonds. The largest absolute Gasteiger partial charge is 0.293 e. The molecule has 1 fully saturated rings. The van der Waals surface area contributed by atoms with Gasteiger partial charge in [-0.15, -0.1) is 11.3 Å². The minimum absolute atomic E-state index is 0.0421. The van der Waals surface area contributed by atoms with Gasteiger partial charge in [0.05, 0.1) is 15.0 Å². The van der Waals surface area contributed by atoms with Crippen molar-refractivity contribution in [1.29, 1.82) is 0 Å². The second-order valence-electron chi connectivity index (χ2n) is 4.58. The molecule has 0 radical (unpaired) electrons. The normalized spacial score (nSPS) is 22.1. The van der Waals surface area contributed by atoms with E-state index in [0.29, 0.717) is 16.2 Å². The van der Waals surface area contributed by atoms with Crippen molar-refractivity contribution >= 4 is 27.0 Å². The van der Waals surface area contributed by atoms with Crippen LogP contribution in [-0.4, -0.2) is 19.5 Å². The summed E-state index contributed by atoms with van der Waals surface area (Å²) in [6.45, 7) is 0. The van der Waals surface area contributed by atoms with Crippen molar-refractivity contribution < 1.29 is 13.2 Å². The molecule has 0 bridgehead atoms. The molecule has 1 aliphatic rings. The predicted molar refractivity (Wildman–Crippen MR) is 74.2 cm³/mol. The average Bonchev–Trinajstić information content (AvgIpc) is 3.06. The van der Waals surface area contributed by atoms with E-state index >= 15 is 0 Å². The lowest BCUT2D eigenvalue weighted by atomic mass is 10.2. The van der Waals surface area contributed by atoms with Gasteiger partial charge in [-0.2, -0.15) is 0 Å². The van der Waals surface area contributed by atoms with Crippen molar-refractivity contribution in [2.75, 3.05) is 0 Å². The highest BCUT2D eigenvalue weighted by atomic mass is 32.2. The maximum absolute atomic E-state index is 12.3. The van der Waals surface area contributed by atoms with Gasteiger partial charge in [-0.3, -0.25) is 4.79 Å². The molecule has 0 spiro atoms. The summed E-state index contributed by atoms with van der Waals surface area (Å²) in [6, 6.07) is 11.9. The van der Waals surface area contributed by atoms with E-state index < -0.39 is 15.1 Å². The maximum atomic E-state index is 12.3. The van der Waals surface area contributed by atoms with Crippen LogP contribution in [0.15, 0.2) is 52.7 Å². The SMILES string of the molecule is O=C(c1cccs1)[C@H]1C[C@@H]1S(=O)(=O)c1ccccc1. The molecule has 0 unspecified atom stereocenters. The molecular formula is C14H12O3S2. The average molecular weight is 292 g/mol. The van der Waals surface area contributed by atoms with Crippen LogP contribution >= 0.6 is 11.3 Å². The maximum Gasteiger partial charge on any atom is 0.181 e. The Morgan fingerprint density at radius 3 is 2.47 bits per heavy atom. The number of carbonyl (C=O) groups excluding carboxylic acids is 1. The van der Waals surface area contributed by atoms with Crippen LogP contribution in [0.3, 0.4) is 0 Å². The number of carbonyl (C=O) groups is 1. The van der Waals surface area contributed by atoms with Gasteiger partial charge < -0.3 is 0 Å². The fourth-order valence-corrected chi connectivity index (χ4v) is 4.81. The summed E-state index contributed by atoms with van der Waals surface area (Å²) in [7, 11) is -3.37. The first-order valence-corrected chi connectivity index (χ1v) is 8.40. The molecule has 1 aromatic heterocycles. The number of benzene rings is 1. The van der Waals surface area contributed by atoms with Gasteiger partial charge in [0.2, 0.25) is 0 Å². The first kappa shape index (κ1) is 12.6. The molecule has 1 aromatic carbocycles. The molecule has 2 aromatic rings. The molecule has 3 nitrogen and oxygen atoms in total. The Morgan fingerprint density at radius 2 is 1.84 bits per heavy atom. The summed E-state index contributed by atoms with van der Waals surface area (Å²) in [4.78, 5) is 13.1. The minimum atomic E-state index is -3.37.